The van der Waals surface area contributed by atoms with Crippen LogP contribution in [0.5, 0.6) is 0 Å². The molecular formula is C9H12N2O3. The van der Waals surface area contributed by atoms with Gasteiger partial charge in [-0.3, -0.25) is 5.10 Å². The molecule has 1 aromatic heterocycles. The molecule has 5 heteroatoms. The molecule has 2 heterocycles. The van der Waals surface area contributed by atoms with Gasteiger partial charge in [-0.15, -0.1) is 0 Å². The summed E-state index contributed by atoms with van der Waals surface area (Å²) in [5, 5.41) is 15.4. The number of aromatic nitrogens is 2. The monoisotopic (exact) mass is 196 g/mol. The number of carbonyl (C=O) groups is 1. The lowest BCUT2D eigenvalue weighted by molar-refractivity contribution is 0.0590. The SMILES string of the molecule is CC1(C)COCc2[nH]nc(C(=O)O)c21. The van der Waals surface area contributed by atoms with Crippen molar-refractivity contribution in [3.8, 4) is 0 Å². The van der Waals surface area contributed by atoms with Crippen LogP contribution in [0, 0.1) is 0 Å². The molecule has 0 atom stereocenters. The molecule has 2 N–H and O–H groups in total. The molecule has 1 aliphatic heterocycles. The Bertz CT molecular complexity index is 381. The summed E-state index contributed by atoms with van der Waals surface area (Å²) in [5.41, 5.74) is 1.39. The molecule has 0 saturated carbocycles. The molecule has 0 radical (unpaired) electrons. The number of H-pyrrole nitrogens is 1. The summed E-state index contributed by atoms with van der Waals surface area (Å²) in [5.74, 6) is -0.988. The van der Waals surface area contributed by atoms with E-state index in [2.05, 4.69) is 10.2 Å². The molecule has 76 valence electrons. The van der Waals surface area contributed by atoms with Gasteiger partial charge in [0.15, 0.2) is 5.69 Å². The summed E-state index contributed by atoms with van der Waals surface area (Å²) in [7, 11) is 0. The summed E-state index contributed by atoms with van der Waals surface area (Å²) in [6.45, 7) is 4.85. The fraction of sp³-hybridized carbons (Fsp3) is 0.556. The molecule has 0 bridgehead atoms. The third-order valence-electron chi connectivity index (χ3n) is 2.43. The van der Waals surface area contributed by atoms with Gasteiger partial charge < -0.3 is 9.84 Å². The van der Waals surface area contributed by atoms with E-state index >= 15 is 0 Å². The summed E-state index contributed by atoms with van der Waals surface area (Å²) in [4.78, 5) is 10.9. The number of hydrogen-bond acceptors (Lipinski definition) is 3. The van der Waals surface area contributed by atoms with E-state index in [-0.39, 0.29) is 11.1 Å². The third kappa shape index (κ3) is 1.21. The summed E-state index contributed by atoms with van der Waals surface area (Å²) >= 11 is 0. The predicted octanol–water partition coefficient (Wildman–Crippen LogP) is 0.916. The number of aromatic carboxylic acids is 1. The van der Waals surface area contributed by atoms with Gasteiger partial charge in [0.2, 0.25) is 0 Å². The fourth-order valence-electron chi connectivity index (χ4n) is 1.85. The first-order valence-corrected chi connectivity index (χ1v) is 4.41. The van der Waals surface area contributed by atoms with Gasteiger partial charge in [-0.05, 0) is 0 Å². The van der Waals surface area contributed by atoms with Gasteiger partial charge >= 0.3 is 5.97 Å². The summed E-state index contributed by atoms with van der Waals surface area (Å²) in [6, 6.07) is 0. The van der Waals surface area contributed by atoms with Crippen LogP contribution in [0.15, 0.2) is 0 Å². The quantitative estimate of drug-likeness (QED) is 0.700. The molecule has 14 heavy (non-hydrogen) atoms. The topological polar surface area (TPSA) is 75.2 Å². The lowest BCUT2D eigenvalue weighted by Crippen LogP contribution is -2.31. The highest BCUT2D eigenvalue weighted by Gasteiger charge is 2.35. The standard InChI is InChI=1S/C9H12N2O3/c1-9(2)4-14-3-5-6(9)7(8(12)13)11-10-5/h3-4H2,1-2H3,(H,10,11)(H,12,13). The zero-order chi connectivity index (χ0) is 10.3. The van der Waals surface area contributed by atoms with Gasteiger partial charge in [-0.1, -0.05) is 13.8 Å². The van der Waals surface area contributed by atoms with E-state index in [1.807, 2.05) is 13.8 Å². The van der Waals surface area contributed by atoms with Crippen LogP contribution in [-0.2, 0) is 16.8 Å². The zero-order valence-corrected chi connectivity index (χ0v) is 8.13. The van der Waals surface area contributed by atoms with Crippen molar-refractivity contribution in [2.24, 2.45) is 0 Å². The second-order valence-electron chi connectivity index (χ2n) is 4.11. The van der Waals surface area contributed by atoms with E-state index in [1.54, 1.807) is 0 Å². The van der Waals surface area contributed by atoms with Gasteiger partial charge in [0, 0.05) is 11.0 Å². The van der Waals surface area contributed by atoms with Gasteiger partial charge in [-0.2, -0.15) is 5.10 Å². The summed E-state index contributed by atoms with van der Waals surface area (Å²) < 4.78 is 5.34. The average molecular weight is 196 g/mol. The summed E-state index contributed by atoms with van der Waals surface area (Å²) in [6.07, 6.45) is 0. The molecule has 0 spiro atoms. The molecule has 0 unspecified atom stereocenters. The van der Waals surface area contributed by atoms with Crippen molar-refractivity contribution in [1.29, 1.82) is 0 Å². The minimum atomic E-state index is -0.988. The Morgan fingerprint density at radius 2 is 2.36 bits per heavy atom. The Morgan fingerprint density at radius 3 is 3.00 bits per heavy atom. The van der Waals surface area contributed by atoms with Gasteiger partial charge in [0.05, 0.1) is 18.9 Å². The average Bonchev–Trinajstić information content (AvgIpc) is 2.48. The second-order valence-corrected chi connectivity index (χ2v) is 4.11. The second kappa shape index (κ2) is 2.81. The van der Waals surface area contributed by atoms with Gasteiger partial charge in [-0.25, -0.2) is 4.79 Å². The molecule has 5 nitrogen and oxygen atoms in total. The van der Waals surface area contributed by atoms with E-state index in [0.717, 1.165) is 11.3 Å². The maximum absolute atomic E-state index is 10.9. The largest absolute Gasteiger partial charge is 0.476 e. The molecule has 0 fully saturated rings. The molecule has 1 aliphatic rings. The van der Waals surface area contributed by atoms with Crippen LogP contribution in [0.4, 0.5) is 0 Å². The van der Waals surface area contributed by atoms with Crippen molar-refractivity contribution in [1.82, 2.24) is 10.2 Å². The Morgan fingerprint density at radius 1 is 1.64 bits per heavy atom. The van der Waals surface area contributed by atoms with Crippen LogP contribution >= 0.6 is 0 Å². The zero-order valence-electron chi connectivity index (χ0n) is 8.13. The number of hydrogen-bond donors (Lipinski definition) is 2. The lowest BCUT2D eigenvalue weighted by Gasteiger charge is -2.29. The van der Waals surface area contributed by atoms with Crippen molar-refractivity contribution in [3.05, 3.63) is 17.0 Å². The molecule has 1 aromatic rings. The number of carboxylic acids is 1. The van der Waals surface area contributed by atoms with E-state index in [9.17, 15) is 4.79 Å². The van der Waals surface area contributed by atoms with Crippen LogP contribution in [0.3, 0.4) is 0 Å². The van der Waals surface area contributed by atoms with Crippen molar-refractivity contribution < 1.29 is 14.6 Å². The number of ether oxygens (including phenoxy) is 1. The normalized spacial score (nSPS) is 19.0. The number of rotatable bonds is 1. The van der Waals surface area contributed by atoms with Crippen LogP contribution in [0.1, 0.15) is 35.6 Å². The highest BCUT2D eigenvalue weighted by atomic mass is 16.5. The lowest BCUT2D eigenvalue weighted by atomic mass is 9.82. The van der Waals surface area contributed by atoms with Crippen LogP contribution in [0.2, 0.25) is 0 Å². The first-order chi connectivity index (χ1) is 6.52. The van der Waals surface area contributed by atoms with E-state index < -0.39 is 5.97 Å². The maximum Gasteiger partial charge on any atom is 0.356 e. The Kier molecular flexibility index (Phi) is 1.85. The predicted molar refractivity (Wildman–Crippen MR) is 48.2 cm³/mol. The third-order valence-corrected chi connectivity index (χ3v) is 2.43. The Labute approximate surface area is 81.1 Å². The first kappa shape index (κ1) is 9.21. The van der Waals surface area contributed by atoms with Crippen molar-refractivity contribution >= 4 is 5.97 Å². The molecule has 2 rings (SSSR count). The molecule has 0 aromatic carbocycles. The molecule has 0 aliphatic carbocycles. The maximum atomic E-state index is 10.9. The fourth-order valence-corrected chi connectivity index (χ4v) is 1.85. The van der Waals surface area contributed by atoms with Crippen molar-refractivity contribution in [2.45, 2.75) is 25.9 Å². The number of nitrogens with zero attached hydrogens (tertiary/aromatic N) is 1. The van der Waals surface area contributed by atoms with Crippen LogP contribution in [-0.4, -0.2) is 27.9 Å². The Balaban J connectivity index is 2.58. The minimum absolute atomic E-state index is 0.119. The smallest absolute Gasteiger partial charge is 0.356 e. The van der Waals surface area contributed by atoms with E-state index in [1.165, 1.54) is 0 Å². The Hall–Kier alpha value is -1.36. The highest BCUT2D eigenvalue weighted by molar-refractivity contribution is 5.88. The van der Waals surface area contributed by atoms with E-state index in [0.29, 0.717) is 13.2 Å². The number of fused-ring (bicyclic) bond motifs is 1. The van der Waals surface area contributed by atoms with Crippen LogP contribution in [0.25, 0.3) is 0 Å². The van der Waals surface area contributed by atoms with E-state index in [4.69, 9.17) is 9.84 Å². The first-order valence-electron chi connectivity index (χ1n) is 4.41. The number of carboxylic acid groups (broad SMARTS) is 1. The number of nitrogens with one attached hydrogen (secondary N) is 1. The highest BCUT2D eigenvalue weighted by Crippen LogP contribution is 2.33. The van der Waals surface area contributed by atoms with Gasteiger partial charge in [0.25, 0.3) is 0 Å². The van der Waals surface area contributed by atoms with Crippen molar-refractivity contribution in [2.75, 3.05) is 6.61 Å². The minimum Gasteiger partial charge on any atom is -0.476 e. The number of aromatic amines is 1. The van der Waals surface area contributed by atoms with Crippen LogP contribution < -0.4 is 0 Å². The molecular weight excluding hydrogens is 184 g/mol. The molecule has 0 saturated heterocycles. The molecule has 0 amide bonds. The van der Waals surface area contributed by atoms with Crippen molar-refractivity contribution in [3.63, 3.8) is 0 Å². The van der Waals surface area contributed by atoms with Gasteiger partial charge in [0.1, 0.15) is 0 Å².